The van der Waals surface area contributed by atoms with Gasteiger partial charge in [0.05, 0.1) is 0 Å². The smallest absolute Gasteiger partial charge is 0.342 e. The summed E-state index contributed by atoms with van der Waals surface area (Å²) in [5.74, 6) is -1.07. The maximum absolute atomic E-state index is 10.9. The fourth-order valence-electron chi connectivity index (χ4n) is 1.27. The lowest BCUT2D eigenvalue weighted by Crippen LogP contribution is -1.97. The maximum atomic E-state index is 10.9. The SMILES string of the molecule is O=C(O)c1c(Cl)noc1-c1ccc(O)cc1. The van der Waals surface area contributed by atoms with Crippen molar-refractivity contribution in [2.75, 3.05) is 0 Å². The van der Waals surface area contributed by atoms with Gasteiger partial charge >= 0.3 is 5.97 Å². The van der Waals surface area contributed by atoms with Crippen LogP contribution in [0.25, 0.3) is 11.3 Å². The molecule has 0 fully saturated rings. The van der Waals surface area contributed by atoms with E-state index in [2.05, 4.69) is 5.16 Å². The van der Waals surface area contributed by atoms with E-state index in [4.69, 9.17) is 26.3 Å². The van der Waals surface area contributed by atoms with Gasteiger partial charge in [0.2, 0.25) is 0 Å². The highest BCUT2D eigenvalue weighted by Crippen LogP contribution is 2.29. The number of hydrogen-bond acceptors (Lipinski definition) is 4. The van der Waals surface area contributed by atoms with Crippen molar-refractivity contribution in [1.29, 1.82) is 0 Å². The number of carboxylic acid groups (broad SMARTS) is 1. The summed E-state index contributed by atoms with van der Waals surface area (Å²) in [6, 6.07) is 5.85. The van der Waals surface area contributed by atoms with Gasteiger partial charge in [-0.25, -0.2) is 4.79 Å². The molecule has 2 rings (SSSR count). The lowest BCUT2D eigenvalue weighted by molar-refractivity contribution is 0.0697. The van der Waals surface area contributed by atoms with Gasteiger partial charge in [-0.1, -0.05) is 16.8 Å². The molecule has 0 bridgehead atoms. The summed E-state index contributed by atoms with van der Waals surface area (Å²) in [6.45, 7) is 0. The molecule has 0 aliphatic heterocycles. The minimum atomic E-state index is -1.21. The Balaban J connectivity index is 2.56. The first-order chi connectivity index (χ1) is 7.59. The van der Waals surface area contributed by atoms with Crippen LogP contribution in [0.3, 0.4) is 0 Å². The molecule has 0 amide bonds. The van der Waals surface area contributed by atoms with Crippen LogP contribution in [0, 0.1) is 0 Å². The third kappa shape index (κ3) is 1.72. The Bertz CT molecular complexity index is 532. The lowest BCUT2D eigenvalue weighted by Gasteiger charge is -1.97. The fourth-order valence-corrected chi connectivity index (χ4v) is 1.47. The topological polar surface area (TPSA) is 83.6 Å². The van der Waals surface area contributed by atoms with Crippen LogP contribution >= 0.6 is 11.6 Å². The van der Waals surface area contributed by atoms with Gasteiger partial charge in [0.25, 0.3) is 0 Å². The number of aromatic carboxylic acids is 1. The molecule has 0 saturated heterocycles. The Morgan fingerprint density at radius 3 is 2.50 bits per heavy atom. The summed E-state index contributed by atoms with van der Waals surface area (Å²) in [5.41, 5.74) is 0.293. The molecule has 0 radical (unpaired) electrons. The van der Waals surface area contributed by atoms with E-state index in [0.29, 0.717) is 5.56 Å². The van der Waals surface area contributed by atoms with Crippen LogP contribution in [0.4, 0.5) is 0 Å². The van der Waals surface area contributed by atoms with Crippen molar-refractivity contribution >= 4 is 17.6 Å². The molecule has 16 heavy (non-hydrogen) atoms. The zero-order chi connectivity index (χ0) is 11.7. The first-order valence-corrected chi connectivity index (χ1v) is 4.65. The van der Waals surface area contributed by atoms with Gasteiger partial charge in [-0.05, 0) is 24.3 Å². The van der Waals surface area contributed by atoms with Crippen LogP contribution in [0.2, 0.25) is 5.15 Å². The van der Waals surface area contributed by atoms with Crippen LogP contribution in [0.15, 0.2) is 28.8 Å². The van der Waals surface area contributed by atoms with E-state index < -0.39 is 5.97 Å². The average Bonchev–Trinajstić information content (AvgIpc) is 2.61. The molecule has 2 aromatic rings. The standard InChI is InChI=1S/C10H6ClNO4/c11-9-7(10(14)15)8(16-12-9)5-1-3-6(13)4-2-5/h1-4,13H,(H,14,15). The van der Waals surface area contributed by atoms with Gasteiger partial charge in [-0.3, -0.25) is 0 Å². The van der Waals surface area contributed by atoms with Crippen molar-refractivity contribution in [2.24, 2.45) is 0 Å². The van der Waals surface area contributed by atoms with E-state index in [1.165, 1.54) is 24.3 Å². The summed E-state index contributed by atoms with van der Waals surface area (Å²) in [4.78, 5) is 10.9. The monoisotopic (exact) mass is 239 g/mol. The largest absolute Gasteiger partial charge is 0.508 e. The van der Waals surface area contributed by atoms with E-state index in [9.17, 15) is 4.79 Å². The quantitative estimate of drug-likeness (QED) is 0.841. The van der Waals surface area contributed by atoms with Gasteiger partial charge in [-0.15, -0.1) is 0 Å². The number of carbonyl (C=O) groups is 1. The molecule has 1 aromatic carbocycles. The normalized spacial score (nSPS) is 10.3. The predicted molar refractivity (Wildman–Crippen MR) is 55.6 cm³/mol. The van der Waals surface area contributed by atoms with Gasteiger partial charge < -0.3 is 14.7 Å². The highest BCUT2D eigenvalue weighted by atomic mass is 35.5. The third-order valence-electron chi connectivity index (χ3n) is 1.99. The molecule has 0 aliphatic carbocycles. The Labute approximate surface area is 94.9 Å². The molecule has 0 atom stereocenters. The molecule has 5 nitrogen and oxygen atoms in total. The van der Waals surface area contributed by atoms with E-state index >= 15 is 0 Å². The first-order valence-electron chi connectivity index (χ1n) is 4.27. The predicted octanol–water partition coefficient (Wildman–Crippen LogP) is 2.40. The Morgan fingerprint density at radius 2 is 1.94 bits per heavy atom. The second-order valence-corrected chi connectivity index (χ2v) is 3.39. The van der Waals surface area contributed by atoms with Crippen molar-refractivity contribution in [1.82, 2.24) is 5.16 Å². The van der Waals surface area contributed by atoms with Crippen molar-refractivity contribution < 1.29 is 19.5 Å². The third-order valence-corrected chi connectivity index (χ3v) is 2.25. The van der Waals surface area contributed by atoms with Crippen LogP contribution < -0.4 is 0 Å². The van der Waals surface area contributed by atoms with E-state index in [1.807, 2.05) is 0 Å². The van der Waals surface area contributed by atoms with Gasteiger partial charge in [0.1, 0.15) is 11.3 Å². The molecular formula is C10H6ClNO4. The fraction of sp³-hybridized carbons (Fsp3) is 0. The maximum Gasteiger partial charge on any atom is 0.342 e. The van der Waals surface area contributed by atoms with E-state index in [1.54, 1.807) is 0 Å². The van der Waals surface area contributed by atoms with Gasteiger partial charge in [0.15, 0.2) is 10.9 Å². The summed E-state index contributed by atoms with van der Waals surface area (Å²) in [7, 11) is 0. The zero-order valence-corrected chi connectivity index (χ0v) is 8.60. The second kappa shape index (κ2) is 3.86. The molecule has 6 heteroatoms. The first kappa shape index (κ1) is 10.5. The number of carboxylic acids is 1. The van der Waals surface area contributed by atoms with Crippen LogP contribution in [0.5, 0.6) is 5.75 Å². The summed E-state index contributed by atoms with van der Waals surface area (Å²) in [6.07, 6.45) is 0. The molecule has 0 spiro atoms. The van der Waals surface area contributed by atoms with E-state index in [-0.39, 0.29) is 22.2 Å². The second-order valence-electron chi connectivity index (χ2n) is 3.03. The van der Waals surface area contributed by atoms with Gasteiger partial charge in [0, 0.05) is 5.56 Å². The van der Waals surface area contributed by atoms with Crippen LogP contribution in [-0.4, -0.2) is 21.3 Å². The zero-order valence-electron chi connectivity index (χ0n) is 7.85. The van der Waals surface area contributed by atoms with E-state index in [0.717, 1.165) is 0 Å². The number of halogens is 1. The highest BCUT2D eigenvalue weighted by Gasteiger charge is 2.22. The molecule has 82 valence electrons. The minimum Gasteiger partial charge on any atom is -0.508 e. The number of rotatable bonds is 2. The highest BCUT2D eigenvalue weighted by molar-refractivity contribution is 6.32. The van der Waals surface area contributed by atoms with Crippen molar-refractivity contribution in [3.05, 3.63) is 35.0 Å². The molecular weight excluding hydrogens is 234 g/mol. The molecule has 0 saturated carbocycles. The lowest BCUT2D eigenvalue weighted by atomic mass is 10.1. The average molecular weight is 240 g/mol. The number of hydrogen-bond donors (Lipinski definition) is 2. The number of aromatic hydroxyl groups is 1. The molecule has 2 N–H and O–H groups in total. The summed E-state index contributed by atoms with van der Waals surface area (Å²) in [5, 5.41) is 21.2. The van der Waals surface area contributed by atoms with Crippen molar-refractivity contribution in [3.63, 3.8) is 0 Å². The Hall–Kier alpha value is -2.01. The Kier molecular flexibility index (Phi) is 2.54. The molecule has 1 aromatic heterocycles. The summed E-state index contributed by atoms with van der Waals surface area (Å²) < 4.78 is 4.84. The number of phenolic OH excluding ortho intramolecular Hbond substituents is 1. The van der Waals surface area contributed by atoms with Crippen molar-refractivity contribution in [2.45, 2.75) is 0 Å². The van der Waals surface area contributed by atoms with Gasteiger partial charge in [-0.2, -0.15) is 0 Å². The molecule has 1 heterocycles. The number of phenols is 1. The Morgan fingerprint density at radius 1 is 1.31 bits per heavy atom. The van der Waals surface area contributed by atoms with Crippen molar-refractivity contribution in [3.8, 4) is 17.1 Å². The number of aromatic nitrogens is 1. The number of benzene rings is 1. The molecule has 0 unspecified atom stereocenters. The van der Waals surface area contributed by atoms with Crippen LogP contribution in [0.1, 0.15) is 10.4 Å². The minimum absolute atomic E-state index is 0.0671. The molecule has 0 aliphatic rings. The van der Waals surface area contributed by atoms with Crippen LogP contribution in [-0.2, 0) is 0 Å². The number of nitrogens with zero attached hydrogens (tertiary/aromatic N) is 1. The summed E-state index contributed by atoms with van der Waals surface area (Å²) >= 11 is 5.59.